The van der Waals surface area contributed by atoms with Crippen LogP contribution in [0.1, 0.15) is 0 Å². The number of aromatic amines is 1. The van der Waals surface area contributed by atoms with Gasteiger partial charge in [-0.3, -0.25) is 4.98 Å². The molecule has 0 unspecified atom stereocenters. The zero-order chi connectivity index (χ0) is 19.4. The van der Waals surface area contributed by atoms with E-state index in [2.05, 4.69) is 4.98 Å². The van der Waals surface area contributed by atoms with Crippen molar-refractivity contribution in [3.05, 3.63) is 58.8 Å². The Kier molecular flexibility index (Phi) is 3.98. The number of nitrogens with zero attached hydrogens (tertiary/aromatic N) is 1. The molecule has 0 bridgehead atoms. The predicted octanol–water partition coefficient (Wildman–Crippen LogP) is 1.11. The molecule has 0 saturated carbocycles. The molecular weight excluding hydrogens is 399 g/mol. The Morgan fingerprint density at radius 1 is 1.00 bits per heavy atom. The maximum Gasteiger partial charge on any atom is 0.417 e. The second kappa shape index (κ2) is 6.01. The third kappa shape index (κ3) is 2.97. The summed E-state index contributed by atoms with van der Waals surface area (Å²) < 4.78 is 69.2. The lowest BCUT2D eigenvalue weighted by Gasteiger charge is -2.37. The van der Waals surface area contributed by atoms with Crippen LogP contribution in [0.2, 0.25) is 0 Å². The van der Waals surface area contributed by atoms with Crippen LogP contribution in [-0.4, -0.2) is 44.5 Å². The van der Waals surface area contributed by atoms with E-state index in [-0.39, 0.29) is 34.0 Å². The van der Waals surface area contributed by atoms with Gasteiger partial charge < -0.3 is 4.42 Å². The fourth-order valence-corrected chi connectivity index (χ4v) is 6.25. The Labute approximate surface area is 153 Å². The number of hydrogen-bond acceptors (Lipinski definition) is 6. The minimum atomic E-state index is -3.92. The van der Waals surface area contributed by atoms with Gasteiger partial charge in [0.2, 0.25) is 10.0 Å². The van der Waals surface area contributed by atoms with Crippen molar-refractivity contribution in [3.63, 3.8) is 0 Å². The summed E-state index contributed by atoms with van der Waals surface area (Å²) in [5.74, 6) is -1.26. The highest BCUT2D eigenvalue weighted by Gasteiger charge is 2.44. The summed E-state index contributed by atoms with van der Waals surface area (Å²) in [4.78, 5) is 13.4. The summed E-state index contributed by atoms with van der Waals surface area (Å²) in [6.45, 7) is -0.413. The van der Waals surface area contributed by atoms with Gasteiger partial charge in [-0.05, 0) is 42.5 Å². The van der Waals surface area contributed by atoms with Crippen LogP contribution in [0.15, 0.2) is 61.5 Å². The lowest BCUT2D eigenvalue weighted by atomic mass is 10.3. The van der Waals surface area contributed by atoms with Gasteiger partial charge in [0.15, 0.2) is 15.4 Å². The highest BCUT2D eigenvalue weighted by atomic mass is 32.2. The summed E-state index contributed by atoms with van der Waals surface area (Å²) in [6, 6.07) is 8.30. The Bertz CT molecular complexity index is 1290. The summed E-state index contributed by atoms with van der Waals surface area (Å²) in [7, 11) is -7.68. The molecule has 1 fully saturated rings. The van der Waals surface area contributed by atoms with Crippen molar-refractivity contribution in [1.29, 1.82) is 0 Å². The first-order chi connectivity index (χ1) is 12.7. The average Bonchev–Trinajstić information content (AvgIpc) is 2.92. The summed E-state index contributed by atoms with van der Waals surface area (Å²) in [5, 5.41) is -0.907. The van der Waals surface area contributed by atoms with Crippen LogP contribution in [0, 0.1) is 5.82 Å². The Morgan fingerprint density at radius 2 is 1.63 bits per heavy atom. The second-order valence-corrected chi connectivity index (χ2v) is 10.3. The molecule has 0 amide bonds. The molecular formula is C16H13FN2O6S2. The van der Waals surface area contributed by atoms with Crippen LogP contribution in [0.4, 0.5) is 4.39 Å². The highest BCUT2D eigenvalue weighted by molar-refractivity contribution is 7.92. The molecule has 1 N–H and O–H groups in total. The van der Waals surface area contributed by atoms with Gasteiger partial charge >= 0.3 is 5.76 Å². The molecule has 0 radical (unpaired) electrons. The van der Waals surface area contributed by atoms with Gasteiger partial charge in [-0.15, -0.1) is 0 Å². The molecule has 2 aromatic carbocycles. The largest absolute Gasteiger partial charge is 0.417 e. The van der Waals surface area contributed by atoms with Gasteiger partial charge in [-0.1, -0.05) is 0 Å². The van der Waals surface area contributed by atoms with E-state index in [4.69, 9.17) is 4.42 Å². The number of aromatic nitrogens is 1. The number of H-pyrrole nitrogens is 1. The molecule has 11 heteroatoms. The van der Waals surface area contributed by atoms with Crippen LogP contribution in [-0.2, 0) is 19.9 Å². The van der Waals surface area contributed by atoms with Crippen molar-refractivity contribution in [2.45, 2.75) is 15.0 Å². The molecule has 142 valence electrons. The van der Waals surface area contributed by atoms with Crippen LogP contribution in [0.5, 0.6) is 0 Å². The third-order valence-electron chi connectivity index (χ3n) is 4.42. The minimum absolute atomic E-state index is 0.0525. The first kappa shape index (κ1) is 17.9. The van der Waals surface area contributed by atoms with Crippen LogP contribution >= 0.6 is 0 Å². The topological polar surface area (TPSA) is 118 Å². The molecule has 0 aliphatic carbocycles. The molecule has 8 nitrogen and oxygen atoms in total. The van der Waals surface area contributed by atoms with Crippen molar-refractivity contribution in [1.82, 2.24) is 9.29 Å². The fraction of sp³-hybridized carbons (Fsp3) is 0.188. The smallest absolute Gasteiger partial charge is 0.408 e. The summed E-state index contributed by atoms with van der Waals surface area (Å²) in [5.41, 5.74) is 0.455. The number of fused-ring (bicyclic) bond motifs is 1. The Balaban J connectivity index is 1.57. The van der Waals surface area contributed by atoms with Gasteiger partial charge in [0.25, 0.3) is 0 Å². The summed E-state index contributed by atoms with van der Waals surface area (Å²) in [6.07, 6.45) is 0. The molecule has 2 heterocycles. The number of nitrogens with one attached hydrogen (secondary N) is 1. The van der Waals surface area contributed by atoms with Gasteiger partial charge in [0, 0.05) is 13.1 Å². The zero-order valence-corrected chi connectivity index (χ0v) is 15.3. The van der Waals surface area contributed by atoms with Gasteiger partial charge in [0.1, 0.15) is 5.82 Å². The van der Waals surface area contributed by atoms with E-state index < -0.39 is 36.7 Å². The second-order valence-electron chi connectivity index (χ2n) is 6.12. The van der Waals surface area contributed by atoms with E-state index in [0.29, 0.717) is 0 Å². The molecule has 1 saturated heterocycles. The minimum Gasteiger partial charge on any atom is -0.408 e. The number of oxazole rings is 1. The molecule has 27 heavy (non-hydrogen) atoms. The van der Waals surface area contributed by atoms with Crippen LogP contribution in [0.25, 0.3) is 11.1 Å². The number of sulfone groups is 1. The van der Waals surface area contributed by atoms with Crippen molar-refractivity contribution in [2.75, 3.05) is 13.1 Å². The van der Waals surface area contributed by atoms with Gasteiger partial charge in [-0.25, -0.2) is 26.0 Å². The van der Waals surface area contributed by atoms with E-state index in [1.54, 1.807) is 0 Å². The van der Waals surface area contributed by atoms with E-state index >= 15 is 0 Å². The first-order valence-electron chi connectivity index (χ1n) is 7.80. The van der Waals surface area contributed by atoms with Gasteiger partial charge in [-0.2, -0.15) is 4.31 Å². The van der Waals surface area contributed by atoms with E-state index in [0.717, 1.165) is 28.6 Å². The van der Waals surface area contributed by atoms with E-state index in [1.807, 2.05) is 0 Å². The SMILES string of the molecule is O=c1[nH]c2cc(S(=O)(=O)N3CC(S(=O)(=O)c4ccc(F)cc4)C3)ccc2o1. The number of sulfonamides is 1. The van der Waals surface area contributed by atoms with E-state index in [9.17, 15) is 26.0 Å². The lowest BCUT2D eigenvalue weighted by molar-refractivity contribution is 0.309. The maximum atomic E-state index is 13.0. The lowest BCUT2D eigenvalue weighted by Crippen LogP contribution is -2.56. The first-order valence-corrected chi connectivity index (χ1v) is 10.8. The quantitative estimate of drug-likeness (QED) is 0.642. The number of hydrogen-bond donors (Lipinski definition) is 1. The van der Waals surface area contributed by atoms with Crippen LogP contribution < -0.4 is 5.76 Å². The van der Waals surface area contributed by atoms with Crippen LogP contribution in [0.3, 0.4) is 0 Å². The predicted molar refractivity (Wildman–Crippen MR) is 93.0 cm³/mol. The van der Waals surface area contributed by atoms with Crippen molar-refractivity contribution in [3.8, 4) is 0 Å². The molecule has 0 spiro atoms. The number of halogens is 1. The summed E-state index contributed by atoms with van der Waals surface area (Å²) >= 11 is 0. The van der Waals surface area contributed by atoms with E-state index in [1.165, 1.54) is 18.2 Å². The monoisotopic (exact) mass is 412 g/mol. The molecule has 4 rings (SSSR count). The van der Waals surface area contributed by atoms with Crippen molar-refractivity contribution < 1.29 is 25.6 Å². The number of benzene rings is 2. The number of rotatable bonds is 4. The van der Waals surface area contributed by atoms with Crippen molar-refractivity contribution in [2.24, 2.45) is 0 Å². The standard InChI is InChI=1S/C16H13FN2O6S2/c17-10-1-3-11(4-2-10)26(21,22)13-8-19(9-13)27(23,24)12-5-6-15-14(7-12)18-16(20)25-15/h1-7,13H,8-9H2,(H,18,20). The van der Waals surface area contributed by atoms with Gasteiger partial charge in [0.05, 0.1) is 20.6 Å². The molecule has 1 aliphatic rings. The normalized spacial score (nSPS) is 16.5. The maximum absolute atomic E-state index is 13.0. The molecule has 1 aromatic heterocycles. The fourth-order valence-electron chi connectivity index (χ4n) is 2.85. The molecule has 1 aliphatic heterocycles. The average molecular weight is 412 g/mol. The Morgan fingerprint density at radius 3 is 2.30 bits per heavy atom. The third-order valence-corrected chi connectivity index (χ3v) is 8.36. The zero-order valence-electron chi connectivity index (χ0n) is 13.6. The van der Waals surface area contributed by atoms with Crippen molar-refractivity contribution >= 4 is 31.0 Å². The Hall–Kier alpha value is -2.50. The molecule has 3 aromatic rings. The molecule has 0 atom stereocenters. The highest BCUT2D eigenvalue weighted by Crippen LogP contribution is 2.29.